The Morgan fingerprint density at radius 3 is 2.00 bits per heavy atom. The van der Waals surface area contributed by atoms with Gasteiger partial charge >= 0.3 is 0 Å². The van der Waals surface area contributed by atoms with Gasteiger partial charge in [-0.15, -0.1) is 0 Å². The Labute approximate surface area is 139 Å². The fourth-order valence-electron chi connectivity index (χ4n) is 2.42. The fourth-order valence-corrected chi connectivity index (χ4v) is 2.42. The number of carbonyl (C=O) groups is 2. The lowest BCUT2D eigenvalue weighted by molar-refractivity contribution is -0.122. The minimum absolute atomic E-state index is 0.0510. The SMILES string of the molecule is O=C(Nc1ccc(F)c(F)c1)C1CC1C(=O)Nc1c(F)cccc1F. The molecule has 0 aliphatic heterocycles. The van der Waals surface area contributed by atoms with Crippen molar-refractivity contribution in [3.8, 4) is 0 Å². The second-order valence-corrected chi connectivity index (χ2v) is 5.65. The maximum absolute atomic E-state index is 13.5. The van der Waals surface area contributed by atoms with Crippen molar-refractivity contribution in [1.82, 2.24) is 0 Å². The predicted octanol–water partition coefficient (Wildman–Crippen LogP) is 3.46. The largest absolute Gasteiger partial charge is 0.326 e. The summed E-state index contributed by atoms with van der Waals surface area (Å²) in [5, 5.41) is 4.50. The second-order valence-electron chi connectivity index (χ2n) is 5.65. The lowest BCUT2D eigenvalue weighted by Crippen LogP contribution is -2.21. The van der Waals surface area contributed by atoms with Crippen LogP contribution >= 0.6 is 0 Å². The smallest absolute Gasteiger partial charge is 0.228 e. The molecule has 2 aromatic rings. The summed E-state index contributed by atoms with van der Waals surface area (Å²) in [6.45, 7) is 0. The summed E-state index contributed by atoms with van der Waals surface area (Å²) in [5.41, 5.74) is -0.519. The predicted molar refractivity (Wildman–Crippen MR) is 81.6 cm³/mol. The molecule has 0 spiro atoms. The van der Waals surface area contributed by atoms with Gasteiger partial charge in [0.1, 0.15) is 17.3 Å². The van der Waals surface area contributed by atoms with Gasteiger partial charge in [-0.05, 0) is 30.7 Å². The highest BCUT2D eigenvalue weighted by atomic mass is 19.2. The quantitative estimate of drug-likeness (QED) is 0.828. The topological polar surface area (TPSA) is 58.2 Å². The highest BCUT2D eigenvalue weighted by Crippen LogP contribution is 2.40. The standard InChI is InChI=1S/C17H12F4N2O2/c18-11-5-4-8(6-14(11)21)22-16(24)9-7-10(9)17(25)23-15-12(19)2-1-3-13(15)20/h1-6,9-10H,7H2,(H,22,24)(H,23,25). The second kappa shape index (κ2) is 6.54. The van der Waals surface area contributed by atoms with Crippen LogP contribution in [0.1, 0.15) is 6.42 Å². The van der Waals surface area contributed by atoms with Crippen molar-refractivity contribution in [2.24, 2.45) is 11.8 Å². The summed E-state index contributed by atoms with van der Waals surface area (Å²) in [7, 11) is 0. The number of halogens is 4. The first-order valence-electron chi connectivity index (χ1n) is 7.37. The highest BCUT2D eigenvalue weighted by molar-refractivity contribution is 6.03. The van der Waals surface area contributed by atoms with E-state index in [-0.39, 0.29) is 12.1 Å². The molecule has 4 nitrogen and oxygen atoms in total. The van der Waals surface area contributed by atoms with Crippen LogP contribution < -0.4 is 10.6 Å². The lowest BCUT2D eigenvalue weighted by atomic mass is 10.2. The molecule has 3 rings (SSSR count). The van der Waals surface area contributed by atoms with Crippen molar-refractivity contribution in [3.05, 3.63) is 59.7 Å². The first kappa shape index (κ1) is 16.9. The molecule has 1 aliphatic rings. The number of rotatable bonds is 4. The molecule has 25 heavy (non-hydrogen) atoms. The van der Waals surface area contributed by atoms with Crippen LogP contribution in [0.15, 0.2) is 36.4 Å². The summed E-state index contributed by atoms with van der Waals surface area (Å²) in [6.07, 6.45) is 0.192. The van der Waals surface area contributed by atoms with E-state index in [2.05, 4.69) is 10.6 Å². The van der Waals surface area contributed by atoms with Gasteiger partial charge in [-0.25, -0.2) is 17.6 Å². The van der Waals surface area contributed by atoms with Gasteiger partial charge in [0.25, 0.3) is 0 Å². The zero-order chi connectivity index (χ0) is 18.1. The van der Waals surface area contributed by atoms with Crippen LogP contribution in [-0.2, 0) is 9.59 Å². The third-order valence-electron chi connectivity index (χ3n) is 3.86. The molecule has 2 unspecified atom stereocenters. The number of anilines is 2. The maximum atomic E-state index is 13.5. The number of benzene rings is 2. The van der Waals surface area contributed by atoms with E-state index >= 15 is 0 Å². The highest BCUT2D eigenvalue weighted by Gasteiger charge is 2.48. The first-order chi connectivity index (χ1) is 11.9. The van der Waals surface area contributed by atoms with Crippen LogP contribution in [0.2, 0.25) is 0 Å². The first-order valence-corrected chi connectivity index (χ1v) is 7.37. The molecular formula is C17H12F4N2O2. The van der Waals surface area contributed by atoms with Gasteiger partial charge in [-0.3, -0.25) is 9.59 Å². The zero-order valence-electron chi connectivity index (χ0n) is 12.7. The normalized spacial score (nSPS) is 18.6. The van der Waals surface area contributed by atoms with Crippen molar-refractivity contribution < 1.29 is 27.2 Å². The Morgan fingerprint density at radius 1 is 0.800 bits per heavy atom. The minimum Gasteiger partial charge on any atom is -0.326 e. The molecule has 0 radical (unpaired) electrons. The summed E-state index contributed by atoms with van der Waals surface area (Å²) in [6, 6.07) is 6.03. The van der Waals surface area contributed by atoms with Gasteiger partial charge in [0.15, 0.2) is 11.6 Å². The minimum atomic E-state index is -1.11. The molecule has 2 atom stereocenters. The van der Waals surface area contributed by atoms with E-state index in [0.717, 1.165) is 30.3 Å². The molecule has 8 heteroatoms. The van der Waals surface area contributed by atoms with E-state index in [0.29, 0.717) is 0 Å². The van der Waals surface area contributed by atoms with E-state index in [1.165, 1.54) is 6.07 Å². The average Bonchev–Trinajstić information content (AvgIpc) is 3.35. The van der Waals surface area contributed by atoms with E-state index in [1.54, 1.807) is 0 Å². The van der Waals surface area contributed by atoms with Crippen LogP contribution in [-0.4, -0.2) is 11.8 Å². The molecule has 2 amide bonds. The number of hydrogen-bond acceptors (Lipinski definition) is 2. The van der Waals surface area contributed by atoms with E-state index in [1.807, 2.05) is 0 Å². The van der Waals surface area contributed by atoms with Gasteiger partial charge in [0.2, 0.25) is 11.8 Å². The number of para-hydroxylation sites is 1. The molecule has 0 bridgehead atoms. The van der Waals surface area contributed by atoms with E-state index in [4.69, 9.17) is 0 Å². The molecule has 0 saturated heterocycles. The Balaban J connectivity index is 1.60. The number of nitrogens with one attached hydrogen (secondary N) is 2. The Bertz CT molecular complexity index is 836. The molecule has 2 N–H and O–H groups in total. The Kier molecular flexibility index (Phi) is 4.43. The molecule has 1 fully saturated rings. The van der Waals surface area contributed by atoms with Crippen LogP contribution in [0.3, 0.4) is 0 Å². The third-order valence-corrected chi connectivity index (χ3v) is 3.86. The number of amides is 2. The van der Waals surface area contributed by atoms with Crippen LogP contribution in [0.25, 0.3) is 0 Å². The van der Waals surface area contributed by atoms with Gasteiger partial charge in [0.05, 0.1) is 11.8 Å². The monoisotopic (exact) mass is 352 g/mol. The molecular weight excluding hydrogens is 340 g/mol. The number of carbonyl (C=O) groups excluding carboxylic acids is 2. The Morgan fingerprint density at radius 2 is 1.40 bits per heavy atom. The van der Waals surface area contributed by atoms with E-state index < -0.39 is 52.6 Å². The van der Waals surface area contributed by atoms with Gasteiger partial charge in [-0.2, -0.15) is 0 Å². The molecule has 1 saturated carbocycles. The molecule has 130 valence electrons. The summed E-state index contributed by atoms with van der Waals surface area (Å²) < 4.78 is 53.0. The maximum Gasteiger partial charge on any atom is 0.228 e. The molecule has 2 aromatic carbocycles. The molecule has 1 aliphatic carbocycles. The van der Waals surface area contributed by atoms with Gasteiger partial charge < -0.3 is 10.6 Å². The van der Waals surface area contributed by atoms with Crippen LogP contribution in [0.4, 0.5) is 28.9 Å². The van der Waals surface area contributed by atoms with Crippen molar-refractivity contribution in [1.29, 1.82) is 0 Å². The number of hydrogen-bond donors (Lipinski definition) is 2. The average molecular weight is 352 g/mol. The van der Waals surface area contributed by atoms with Crippen molar-refractivity contribution in [3.63, 3.8) is 0 Å². The zero-order valence-corrected chi connectivity index (χ0v) is 12.7. The van der Waals surface area contributed by atoms with Gasteiger partial charge in [-0.1, -0.05) is 6.07 Å². The lowest BCUT2D eigenvalue weighted by Gasteiger charge is -2.08. The summed E-state index contributed by atoms with van der Waals surface area (Å²) >= 11 is 0. The summed E-state index contributed by atoms with van der Waals surface area (Å²) in [5.74, 6) is -6.69. The fraction of sp³-hybridized carbons (Fsp3) is 0.176. The third kappa shape index (κ3) is 3.62. The summed E-state index contributed by atoms with van der Waals surface area (Å²) in [4.78, 5) is 24.0. The van der Waals surface area contributed by atoms with Crippen molar-refractivity contribution >= 4 is 23.2 Å². The van der Waals surface area contributed by atoms with Crippen molar-refractivity contribution in [2.45, 2.75) is 6.42 Å². The van der Waals surface area contributed by atoms with Crippen molar-refractivity contribution in [2.75, 3.05) is 10.6 Å². The van der Waals surface area contributed by atoms with E-state index in [9.17, 15) is 27.2 Å². The van der Waals surface area contributed by atoms with Crippen LogP contribution in [0.5, 0.6) is 0 Å². The van der Waals surface area contributed by atoms with Crippen LogP contribution in [0, 0.1) is 35.1 Å². The molecule has 0 aromatic heterocycles. The van der Waals surface area contributed by atoms with Gasteiger partial charge in [0, 0.05) is 11.8 Å². The Hall–Kier alpha value is -2.90. The molecule has 0 heterocycles.